The smallest absolute Gasteiger partial charge is 0.174 e. The second-order valence-electron chi connectivity index (χ2n) is 8.78. The van der Waals surface area contributed by atoms with Gasteiger partial charge in [0, 0.05) is 11.1 Å². The molecular formula is C27H32O5. The third-order valence-electron chi connectivity index (χ3n) is 5.76. The van der Waals surface area contributed by atoms with Crippen LogP contribution >= 0.6 is 0 Å². The molecule has 0 aliphatic carbocycles. The number of carbonyl (C=O) groups is 1. The van der Waals surface area contributed by atoms with E-state index in [1.807, 2.05) is 52.0 Å². The number of ether oxygens (including phenoxy) is 2. The van der Waals surface area contributed by atoms with E-state index >= 15 is 0 Å². The number of rotatable bonds is 6. The number of phenolic OH excluding ortho intramolecular Hbond substituents is 2. The molecule has 5 nitrogen and oxygen atoms in total. The topological polar surface area (TPSA) is 76.0 Å². The van der Waals surface area contributed by atoms with Crippen LogP contribution in [0.1, 0.15) is 72.8 Å². The number of allylic oxidation sites excluding steroid dienone is 4. The zero-order valence-electron chi connectivity index (χ0n) is 19.7. The fraction of sp³-hybridized carbons (Fsp3) is 0.370. The van der Waals surface area contributed by atoms with Crippen LogP contribution in [0.3, 0.4) is 0 Å². The molecule has 0 fully saturated rings. The molecule has 3 rings (SSSR count). The fourth-order valence-electron chi connectivity index (χ4n) is 3.91. The Hall–Kier alpha value is -3.21. The van der Waals surface area contributed by atoms with Crippen molar-refractivity contribution in [2.75, 3.05) is 7.11 Å². The Morgan fingerprint density at radius 3 is 2.38 bits per heavy atom. The number of carbonyl (C=O) groups excluding carboxylic acids is 1. The minimum absolute atomic E-state index is 0.0359. The number of Topliss-reactive ketones (excluding diaryl/α,β-unsaturated/α-hetero) is 1. The molecule has 1 aliphatic heterocycles. The highest BCUT2D eigenvalue weighted by atomic mass is 16.5. The number of hydrogen-bond acceptors (Lipinski definition) is 5. The van der Waals surface area contributed by atoms with Gasteiger partial charge in [-0.15, -0.1) is 0 Å². The first kappa shape index (κ1) is 23.5. The largest absolute Gasteiger partial charge is 0.507 e. The normalized spacial score (nSPS) is 14.9. The van der Waals surface area contributed by atoms with Gasteiger partial charge in [-0.2, -0.15) is 0 Å². The summed E-state index contributed by atoms with van der Waals surface area (Å²) in [5.74, 6) is 0.610. The van der Waals surface area contributed by atoms with Crippen molar-refractivity contribution in [2.45, 2.75) is 60.0 Å². The van der Waals surface area contributed by atoms with E-state index in [1.54, 1.807) is 14.0 Å². The summed E-state index contributed by atoms with van der Waals surface area (Å²) in [6, 6.07) is 5.78. The molecule has 32 heavy (non-hydrogen) atoms. The molecule has 170 valence electrons. The molecule has 2 N–H and O–H groups in total. The van der Waals surface area contributed by atoms with Gasteiger partial charge in [-0.1, -0.05) is 29.4 Å². The fourth-order valence-corrected chi connectivity index (χ4v) is 3.91. The predicted octanol–water partition coefficient (Wildman–Crippen LogP) is 6.14. The first-order valence-electron chi connectivity index (χ1n) is 10.8. The minimum Gasteiger partial charge on any atom is -0.507 e. The number of aromatic hydroxyl groups is 2. The molecule has 0 amide bonds. The van der Waals surface area contributed by atoms with Crippen LogP contribution in [0.4, 0.5) is 0 Å². The second kappa shape index (κ2) is 9.51. The molecule has 0 unspecified atom stereocenters. The van der Waals surface area contributed by atoms with Crippen LogP contribution < -0.4 is 9.47 Å². The number of methoxy groups -OCH3 is 1. The molecule has 2 aromatic rings. The lowest BCUT2D eigenvalue weighted by Crippen LogP contribution is -2.22. The van der Waals surface area contributed by atoms with E-state index in [0.717, 1.165) is 22.4 Å². The van der Waals surface area contributed by atoms with Crippen LogP contribution in [0.25, 0.3) is 0 Å². The molecule has 2 aromatic carbocycles. The molecule has 1 atom stereocenters. The number of ketones is 1. The zero-order chi connectivity index (χ0) is 23.6. The minimum atomic E-state index is -0.507. The quantitative estimate of drug-likeness (QED) is 0.532. The van der Waals surface area contributed by atoms with Crippen LogP contribution in [-0.2, 0) is 12.8 Å². The average molecular weight is 437 g/mol. The molecular weight excluding hydrogens is 404 g/mol. The van der Waals surface area contributed by atoms with E-state index in [-0.39, 0.29) is 35.0 Å². The molecule has 1 heterocycles. The van der Waals surface area contributed by atoms with Crippen molar-refractivity contribution in [3.8, 4) is 23.0 Å². The van der Waals surface area contributed by atoms with Crippen molar-refractivity contribution < 1.29 is 24.5 Å². The molecule has 5 heteroatoms. The van der Waals surface area contributed by atoms with Gasteiger partial charge in [0.25, 0.3) is 0 Å². The Morgan fingerprint density at radius 2 is 1.75 bits per heavy atom. The average Bonchev–Trinajstić information content (AvgIpc) is 2.75. The van der Waals surface area contributed by atoms with Crippen LogP contribution in [0.5, 0.6) is 23.0 Å². The molecule has 0 saturated carbocycles. The molecule has 0 radical (unpaired) electrons. The predicted molar refractivity (Wildman–Crippen MR) is 126 cm³/mol. The summed E-state index contributed by atoms with van der Waals surface area (Å²) >= 11 is 0. The Kier molecular flexibility index (Phi) is 6.97. The molecule has 0 bridgehead atoms. The summed E-state index contributed by atoms with van der Waals surface area (Å²) in [5, 5.41) is 21.5. The standard InChI is InChI=1S/C27H32O5/c1-15(2)7-9-18-13-19(10-12-22(18)31-6)23-14-21(28)24-26(30)20(11-8-16(3)4)25(29)17(5)27(24)32-23/h7-8,10,12-13,23,29-30H,9,11,14H2,1-6H3/t23-/m0/s1. The van der Waals surface area contributed by atoms with Gasteiger partial charge in [0.1, 0.15) is 34.7 Å². The summed E-state index contributed by atoms with van der Waals surface area (Å²) < 4.78 is 11.7. The van der Waals surface area contributed by atoms with Crippen molar-refractivity contribution >= 4 is 5.78 Å². The van der Waals surface area contributed by atoms with Crippen LogP contribution in [0, 0.1) is 6.92 Å². The maximum absolute atomic E-state index is 13.1. The summed E-state index contributed by atoms with van der Waals surface area (Å²) in [6.45, 7) is 9.69. The first-order valence-corrected chi connectivity index (χ1v) is 10.8. The van der Waals surface area contributed by atoms with Gasteiger partial charge < -0.3 is 19.7 Å². The maximum Gasteiger partial charge on any atom is 0.174 e. The monoisotopic (exact) mass is 436 g/mol. The van der Waals surface area contributed by atoms with Gasteiger partial charge in [0.15, 0.2) is 5.78 Å². The van der Waals surface area contributed by atoms with Crippen molar-refractivity contribution in [3.63, 3.8) is 0 Å². The summed E-state index contributed by atoms with van der Waals surface area (Å²) in [5.41, 5.74) is 5.11. The van der Waals surface area contributed by atoms with E-state index in [9.17, 15) is 15.0 Å². The molecule has 0 aromatic heterocycles. The van der Waals surface area contributed by atoms with Crippen LogP contribution in [-0.4, -0.2) is 23.1 Å². The Morgan fingerprint density at radius 1 is 1.09 bits per heavy atom. The van der Waals surface area contributed by atoms with Crippen LogP contribution in [0.15, 0.2) is 41.5 Å². The lowest BCUT2D eigenvalue weighted by molar-refractivity contribution is 0.0842. The highest BCUT2D eigenvalue weighted by Gasteiger charge is 2.34. The van der Waals surface area contributed by atoms with Gasteiger partial charge in [-0.3, -0.25) is 4.79 Å². The number of benzene rings is 2. The van der Waals surface area contributed by atoms with E-state index in [2.05, 4.69) is 6.08 Å². The van der Waals surface area contributed by atoms with Crippen molar-refractivity contribution in [1.82, 2.24) is 0 Å². The molecule has 0 saturated heterocycles. The highest BCUT2D eigenvalue weighted by molar-refractivity contribution is 6.04. The number of hydrogen-bond donors (Lipinski definition) is 2. The van der Waals surface area contributed by atoms with E-state index < -0.39 is 6.10 Å². The van der Waals surface area contributed by atoms with E-state index in [1.165, 1.54) is 5.57 Å². The lowest BCUT2D eigenvalue weighted by atomic mass is 9.90. The summed E-state index contributed by atoms with van der Waals surface area (Å²) in [4.78, 5) is 13.1. The Labute approximate surface area is 190 Å². The number of phenols is 2. The summed E-state index contributed by atoms with van der Waals surface area (Å²) in [7, 11) is 1.64. The molecule has 0 spiro atoms. The summed E-state index contributed by atoms with van der Waals surface area (Å²) in [6.07, 6.45) is 4.69. The van der Waals surface area contributed by atoms with Gasteiger partial charge in [0.05, 0.1) is 13.5 Å². The van der Waals surface area contributed by atoms with Gasteiger partial charge >= 0.3 is 0 Å². The lowest BCUT2D eigenvalue weighted by Gasteiger charge is -2.29. The van der Waals surface area contributed by atoms with Crippen molar-refractivity contribution in [1.29, 1.82) is 0 Å². The highest BCUT2D eigenvalue weighted by Crippen LogP contribution is 2.48. The third-order valence-corrected chi connectivity index (χ3v) is 5.76. The Bertz CT molecular complexity index is 1100. The zero-order valence-corrected chi connectivity index (χ0v) is 19.7. The van der Waals surface area contributed by atoms with Crippen molar-refractivity contribution in [2.24, 2.45) is 0 Å². The van der Waals surface area contributed by atoms with Gasteiger partial charge in [-0.05, 0) is 70.7 Å². The second-order valence-corrected chi connectivity index (χ2v) is 8.78. The van der Waals surface area contributed by atoms with Gasteiger partial charge in [-0.25, -0.2) is 0 Å². The SMILES string of the molecule is COc1ccc([C@@H]2CC(=O)c3c(O)c(CC=C(C)C)c(O)c(C)c3O2)cc1CC=C(C)C. The maximum atomic E-state index is 13.1. The van der Waals surface area contributed by atoms with Gasteiger partial charge in [0.2, 0.25) is 0 Å². The van der Waals surface area contributed by atoms with E-state index in [0.29, 0.717) is 24.0 Å². The molecule has 1 aliphatic rings. The number of fused-ring (bicyclic) bond motifs is 1. The van der Waals surface area contributed by atoms with E-state index in [4.69, 9.17) is 9.47 Å². The first-order chi connectivity index (χ1) is 15.1. The Balaban J connectivity index is 2.02. The third kappa shape index (κ3) is 4.67. The van der Waals surface area contributed by atoms with Crippen LogP contribution in [0.2, 0.25) is 0 Å². The van der Waals surface area contributed by atoms with Crippen molar-refractivity contribution in [3.05, 3.63) is 69.3 Å².